The lowest BCUT2D eigenvalue weighted by atomic mass is 9.97. The number of halogens is 2. The van der Waals surface area contributed by atoms with Gasteiger partial charge < -0.3 is 5.32 Å². The van der Waals surface area contributed by atoms with Crippen molar-refractivity contribution in [2.24, 2.45) is 0 Å². The summed E-state index contributed by atoms with van der Waals surface area (Å²) in [4.78, 5) is 15.0. The molecule has 192 valence electrons. The van der Waals surface area contributed by atoms with Gasteiger partial charge in [0.2, 0.25) is 15.9 Å². The number of nitrogens with zero attached hydrogens (tertiary/aromatic N) is 1. The second-order valence-electron chi connectivity index (χ2n) is 8.46. The minimum absolute atomic E-state index is 0.146. The zero-order chi connectivity index (χ0) is 26.6. The normalized spacial score (nSPS) is 11.7. The summed E-state index contributed by atoms with van der Waals surface area (Å²) in [7, 11) is -3.69. The third kappa shape index (κ3) is 6.53. The van der Waals surface area contributed by atoms with Gasteiger partial charge in [0.25, 0.3) is 0 Å². The molecule has 9 heteroatoms. The van der Waals surface area contributed by atoms with Crippen LogP contribution in [0.25, 0.3) is 0 Å². The minimum atomic E-state index is -3.69. The molecule has 0 aliphatic carbocycles. The number of carbonyl (C=O) groups excluding carboxylic acids is 1. The Morgan fingerprint density at radius 1 is 1.00 bits per heavy atom. The molecule has 3 aromatic rings. The first-order chi connectivity index (χ1) is 17.0. The van der Waals surface area contributed by atoms with Gasteiger partial charge in [-0.15, -0.1) is 0 Å². The van der Waals surface area contributed by atoms with Crippen LogP contribution < -0.4 is 5.32 Å². The smallest absolute Gasteiger partial charge is 0.243 e. The molecule has 3 aromatic carbocycles. The van der Waals surface area contributed by atoms with E-state index in [2.05, 4.69) is 27.3 Å². The lowest BCUT2D eigenvalue weighted by Crippen LogP contribution is -2.30. The van der Waals surface area contributed by atoms with Gasteiger partial charge in [0.05, 0.1) is 17.0 Å². The van der Waals surface area contributed by atoms with Crippen molar-refractivity contribution < 1.29 is 13.2 Å². The van der Waals surface area contributed by atoms with Crippen LogP contribution >= 0.6 is 39.3 Å². The van der Waals surface area contributed by atoms with E-state index in [9.17, 15) is 13.2 Å². The summed E-state index contributed by atoms with van der Waals surface area (Å²) in [6.07, 6.45) is 0.175. The fourth-order valence-electron chi connectivity index (χ4n) is 4.02. The Morgan fingerprint density at radius 2 is 1.64 bits per heavy atom. The van der Waals surface area contributed by atoms with Gasteiger partial charge in [0.15, 0.2) is 0 Å². The number of nitrogens with one attached hydrogen (secondary N) is 1. The lowest BCUT2D eigenvalue weighted by molar-refractivity contribution is -0.115. The number of amides is 1. The molecular formula is C27H30BrClN2O3S2. The highest BCUT2D eigenvalue weighted by molar-refractivity contribution is 9.10. The average Bonchev–Trinajstić information content (AvgIpc) is 2.83. The molecule has 0 aliphatic rings. The summed E-state index contributed by atoms with van der Waals surface area (Å²) in [5.74, 6) is -0.215. The van der Waals surface area contributed by atoms with Gasteiger partial charge in [-0.1, -0.05) is 59.2 Å². The van der Waals surface area contributed by atoms with E-state index in [0.717, 1.165) is 36.5 Å². The van der Waals surface area contributed by atoms with E-state index in [1.807, 2.05) is 32.9 Å². The summed E-state index contributed by atoms with van der Waals surface area (Å²) in [6.45, 7) is 10.3. The van der Waals surface area contributed by atoms with E-state index < -0.39 is 10.0 Å². The van der Waals surface area contributed by atoms with E-state index in [0.29, 0.717) is 23.8 Å². The van der Waals surface area contributed by atoms with Crippen LogP contribution in [-0.4, -0.2) is 31.7 Å². The first kappa shape index (κ1) is 28.7. The third-order valence-electron chi connectivity index (χ3n) is 5.98. The summed E-state index contributed by atoms with van der Waals surface area (Å²) >= 11 is 11.1. The Hall–Kier alpha value is -1.84. The summed E-state index contributed by atoms with van der Waals surface area (Å²) in [5, 5.41) is 3.61. The summed E-state index contributed by atoms with van der Waals surface area (Å²) in [6, 6.07) is 14.3. The van der Waals surface area contributed by atoms with Gasteiger partial charge in [-0.25, -0.2) is 8.42 Å². The van der Waals surface area contributed by atoms with Crippen molar-refractivity contribution in [3.8, 4) is 0 Å². The molecule has 0 unspecified atom stereocenters. The van der Waals surface area contributed by atoms with E-state index in [4.69, 9.17) is 11.6 Å². The number of carbonyl (C=O) groups is 1. The number of sulfonamides is 1. The number of hydrogen-bond donors (Lipinski definition) is 1. The maximum Gasteiger partial charge on any atom is 0.243 e. The maximum absolute atomic E-state index is 13.2. The summed E-state index contributed by atoms with van der Waals surface area (Å²) < 4.78 is 28.7. The van der Waals surface area contributed by atoms with Gasteiger partial charge in [-0.3, -0.25) is 4.79 Å². The van der Waals surface area contributed by atoms with Crippen molar-refractivity contribution in [2.45, 2.75) is 55.7 Å². The zero-order valence-electron chi connectivity index (χ0n) is 21.0. The van der Waals surface area contributed by atoms with E-state index in [-0.39, 0.29) is 17.2 Å². The predicted molar refractivity (Wildman–Crippen MR) is 153 cm³/mol. The van der Waals surface area contributed by atoms with Gasteiger partial charge in [-0.2, -0.15) is 4.31 Å². The largest absolute Gasteiger partial charge is 0.325 e. The predicted octanol–water partition coefficient (Wildman–Crippen LogP) is 7.39. The van der Waals surface area contributed by atoms with E-state index in [1.165, 1.54) is 16.1 Å². The van der Waals surface area contributed by atoms with E-state index >= 15 is 0 Å². The van der Waals surface area contributed by atoms with Gasteiger partial charge in [0.1, 0.15) is 0 Å². The Bertz CT molecular complexity index is 1370. The molecule has 0 saturated heterocycles. The number of hydrogen-bond acceptors (Lipinski definition) is 4. The third-order valence-corrected chi connectivity index (χ3v) is 10.6. The highest BCUT2D eigenvalue weighted by atomic mass is 79.9. The van der Waals surface area contributed by atoms with Crippen LogP contribution in [0.1, 0.15) is 36.1 Å². The Morgan fingerprint density at radius 3 is 2.25 bits per heavy atom. The molecule has 0 atom stereocenters. The molecule has 1 amide bonds. The molecular weight excluding hydrogens is 580 g/mol. The van der Waals surface area contributed by atoms with Crippen molar-refractivity contribution in [1.29, 1.82) is 0 Å². The highest BCUT2D eigenvalue weighted by Gasteiger charge is 2.23. The Kier molecular flexibility index (Phi) is 9.68. The molecule has 3 rings (SSSR count). The first-order valence-electron chi connectivity index (χ1n) is 11.6. The van der Waals surface area contributed by atoms with Crippen LogP contribution in [0.4, 0.5) is 5.69 Å². The topological polar surface area (TPSA) is 66.5 Å². The lowest BCUT2D eigenvalue weighted by Gasteiger charge is -2.20. The number of benzene rings is 3. The van der Waals surface area contributed by atoms with Crippen molar-refractivity contribution >= 4 is 60.9 Å². The number of anilines is 1. The SMILES string of the molecule is CCN(CC)S(=O)(=O)c1ccc(Sc2ccc(Cl)cc2)c(NC(=O)Cc2c(C)cc(C)c(Br)c2C)c1. The monoisotopic (exact) mass is 608 g/mol. The molecule has 0 aromatic heterocycles. The van der Waals surface area contributed by atoms with Crippen molar-refractivity contribution in [3.63, 3.8) is 0 Å². The van der Waals surface area contributed by atoms with Gasteiger partial charge >= 0.3 is 0 Å². The van der Waals surface area contributed by atoms with Crippen molar-refractivity contribution in [3.05, 3.63) is 80.3 Å². The quantitative estimate of drug-likeness (QED) is 0.275. The molecule has 36 heavy (non-hydrogen) atoms. The van der Waals surface area contributed by atoms with Crippen LogP contribution in [0, 0.1) is 20.8 Å². The molecule has 0 aliphatic heterocycles. The second kappa shape index (κ2) is 12.1. The van der Waals surface area contributed by atoms with Gasteiger partial charge in [-0.05, 0) is 85.5 Å². The van der Waals surface area contributed by atoms with Gasteiger partial charge in [0, 0.05) is 32.4 Å². The van der Waals surface area contributed by atoms with Crippen LogP contribution in [-0.2, 0) is 21.2 Å². The first-order valence-corrected chi connectivity index (χ1v) is 15.0. The maximum atomic E-state index is 13.2. The fourth-order valence-corrected chi connectivity index (χ4v) is 6.87. The zero-order valence-corrected chi connectivity index (χ0v) is 25.0. The molecule has 0 heterocycles. The van der Waals surface area contributed by atoms with Crippen LogP contribution in [0.5, 0.6) is 0 Å². The van der Waals surface area contributed by atoms with Crippen molar-refractivity contribution in [2.75, 3.05) is 18.4 Å². The highest BCUT2D eigenvalue weighted by Crippen LogP contribution is 2.36. The van der Waals surface area contributed by atoms with Crippen molar-refractivity contribution in [1.82, 2.24) is 4.31 Å². The minimum Gasteiger partial charge on any atom is -0.325 e. The molecule has 5 nitrogen and oxygen atoms in total. The van der Waals surface area contributed by atoms with Crippen LogP contribution in [0.15, 0.2) is 67.7 Å². The average molecular weight is 610 g/mol. The Labute approximate surface area is 231 Å². The summed E-state index contributed by atoms with van der Waals surface area (Å²) in [5.41, 5.74) is 4.58. The molecule has 0 saturated carbocycles. The Balaban J connectivity index is 1.99. The second-order valence-corrected chi connectivity index (χ2v) is 12.7. The number of aryl methyl sites for hydroxylation is 2. The molecule has 0 radical (unpaired) electrons. The number of rotatable bonds is 9. The van der Waals surface area contributed by atoms with Crippen LogP contribution in [0.2, 0.25) is 5.02 Å². The molecule has 0 fully saturated rings. The standard InChI is InChI=1S/C27H30BrClN2O3S2/c1-6-31(7-2)36(33,34)22-12-13-25(35-21-10-8-20(29)9-11-21)24(15-22)30-26(32)16-23-17(3)14-18(4)27(28)19(23)5/h8-15H,6-7,16H2,1-5H3,(H,30,32). The molecule has 0 bridgehead atoms. The van der Waals surface area contributed by atoms with Crippen LogP contribution in [0.3, 0.4) is 0 Å². The fraction of sp³-hybridized carbons (Fsp3) is 0.296. The van der Waals surface area contributed by atoms with E-state index in [1.54, 1.807) is 44.2 Å². The molecule has 1 N–H and O–H groups in total. The molecule has 0 spiro atoms.